The molecule has 82 valence electrons. The van der Waals surface area contributed by atoms with Gasteiger partial charge in [-0.3, -0.25) is 0 Å². The molecule has 0 radical (unpaired) electrons. The van der Waals surface area contributed by atoms with Crippen LogP contribution in [0.5, 0.6) is 0 Å². The van der Waals surface area contributed by atoms with E-state index in [2.05, 4.69) is 9.97 Å². The Morgan fingerprint density at radius 2 is 2.33 bits per heavy atom. The first-order valence-electron chi connectivity index (χ1n) is 5.05. The van der Waals surface area contributed by atoms with Crippen molar-refractivity contribution >= 4 is 17.4 Å². The second-order valence-electron chi connectivity index (χ2n) is 3.78. The second-order valence-corrected chi connectivity index (χ2v) is 4.17. The molecule has 0 saturated carbocycles. The van der Waals surface area contributed by atoms with Crippen molar-refractivity contribution in [2.24, 2.45) is 0 Å². The van der Waals surface area contributed by atoms with E-state index in [-0.39, 0.29) is 0 Å². The lowest BCUT2D eigenvalue weighted by molar-refractivity contribution is 0.286. The number of alkyl halides is 1. The van der Waals surface area contributed by atoms with Crippen LogP contribution in [0.1, 0.15) is 18.7 Å². The van der Waals surface area contributed by atoms with Crippen LogP contribution in [-0.2, 0) is 0 Å². The number of rotatable bonds is 1. The van der Waals surface area contributed by atoms with Crippen LogP contribution in [-0.4, -0.2) is 29.2 Å². The van der Waals surface area contributed by atoms with Gasteiger partial charge < -0.3 is 4.90 Å². The molecule has 0 amide bonds. The molecule has 1 aromatic heterocycles. The topological polar surface area (TPSA) is 29.0 Å². The zero-order valence-electron chi connectivity index (χ0n) is 8.58. The van der Waals surface area contributed by atoms with Gasteiger partial charge in [0.1, 0.15) is 23.0 Å². The molecule has 1 saturated heterocycles. The summed E-state index contributed by atoms with van der Waals surface area (Å²) in [6, 6.07) is 1.69. The second kappa shape index (κ2) is 4.31. The summed E-state index contributed by atoms with van der Waals surface area (Å²) in [5.74, 6) is 1.35. The fourth-order valence-electron chi connectivity index (χ4n) is 1.81. The number of hydrogen-bond acceptors (Lipinski definition) is 3. The molecule has 5 heteroatoms. The Hall–Kier alpha value is -0.900. The van der Waals surface area contributed by atoms with Crippen molar-refractivity contribution in [3.8, 4) is 0 Å². The number of anilines is 1. The summed E-state index contributed by atoms with van der Waals surface area (Å²) < 4.78 is 13.2. The fraction of sp³-hybridized carbons (Fsp3) is 0.600. The first-order chi connectivity index (χ1) is 7.15. The van der Waals surface area contributed by atoms with Crippen molar-refractivity contribution in [2.45, 2.75) is 25.9 Å². The predicted octanol–water partition coefficient (Wildman–Crippen LogP) is 2.38. The van der Waals surface area contributed by atoms with Gasteiger partial charge in [0.25, 0.3) is 0 Å². The minimum absolute atomic E-state index is 0.410. The Morgan fingerprint density at radius 3 is 3.00 bits per heavy atom. The van der Waals surface area contributed by atoms with E-state index in [0.717, 1.165) is 18.8 Å². The summed E-state index contributed by atoms with van der Waals surface area (Å²) in [4.78, 5) is 10.2. The van der Waals surface area contributed by atoms with Gasteiger partial charge in [0, 0.05) is 12.6 Å². The molecule has 1 atom stereocenters. The van der Waals surface area contributed by atoms with Crippen molar-refractivity contribution in [2.75, 3.05) is 18.0 Å². The van der Waals surface area contributed by atoms with Crippen LogP contribution in [0, 0.1) is 6.92 Å². The highest BCUT2D eigenvalue weighted by Gasteiger charge is 2.20. The van der Waals surface area contributed by atoms with Gasteiger partial charge in [0.2, 0.25) is 0 Å². The summed E-state index contributed by atoms with van der Waals surface area (Å²) >= 11 is 5.83. The highest BCUT2D eigenvalue weighted by molar-refractivity contribution is 6.29. The van der Waals surface area contributed by atoms with Gasteiger partial charge in [-0.25, -0.2) is 14.4 Å². The summed E-state index contributed by atoms with van der Waals surface area (Å²) in [5, 5.41) is 0.415. The lowest BCUT2D eigenvalue weighted by Crippen LogP contribution is -2.37. The third-order valence-electron chi connectivity index (χ3n) is 2.48. The summed E-state index contributed by atoms with van der Waals surface area (Å²) in [5.41, 5.74) is 0. The third kappa shape index (κ3) is 2.56. The van der Waals surface area contributed by atoms with Gasteiger partial charge >= 0.3 is 0 Å². The van der Waals surface area contributed by atoms with Crippen LogP contribution in [0.25, 0.3) is 0 Å². The van der Waals surface area contributed by atoms with Gasteiger partial charge in [0.05, 0.1) is 6.54 Å². The molecule has 0 aliphatic carbocycles. The normalized spacial score (nSPS) is 21.8. The maximum Gasteiger partial charge on any atom is 0.134 e. The smallest absolute Gasteiger partial charge is 0.134 e. The molecule has 1 fully saturated rings. The van der Waals surface area contributed by atoms with Gasteiger partial charge in [0.15, 0.2) is 0 Å². The van der Waals surface area contributed by atoms with E-state index in [1.165, 1.54) is 0 Å². The van der Waals surface area contributed by atoms with Crippen molar-refractivity contribution in [1.82, 2.24) is 9.97 Å². The monoisotopic (exact) mass is 229 g/mol. The fourth-order valence-corrected chi connectivity index (χ4v) is 2.03. The molecule has 0 aromatic carbocycles. The highest BCUT2D eigenvalue weighted by atomic mass is 35.5. The number of nitrogens with zero attached hydrogens (tertiary/aromatic N) is 3. The number of piperidine rings is 1. The molecule has 3 nitrogen and oxygen atoms in total. The van der Waals surface area contributed by atoms with E-state index >= 15 is 0 Å². The quantitative estimate of drug-likeness (QED) is 0.693. The Labute approximate surface area is 93.3 Å². The lowest BCUT2D eigenvalue weighted by Gasteiger charge is -2.30. The van der Waals surface area contributed by atoms with Gasteiger partial charge in [-0.15, -0.1) is 0 Å². The van der Waals surface area contributed by atoms with Crippen LogP contribution in [0.4, 0.5) is 10.2 Å². The minimum atomic E-state index is -0.757. The molecule has 0 spiro atoms. The Balaban J connectivity index is 2.20. The van der Waals surface area contributed by atoms with Crippen molar-refractivity contribution < 1.29 is 4.39 Å². The number of aryl methyl sites for hydroxylation is 1. The van der Waals surface area contributed by atoms with Gasteiger partial charge in [-0.2, -0.15) is 0 Å². The van der Waals surface area contributed by atoms with Crippen molar-refractivity contribution in [3.63, 3.8) is 0 Å². The van der Waals surface area contributed by atoms with E-state index < -0.39 is 6.17 Å². The SMILES string of the molecule is Cc1nc(Cl)cc(N2CCC[C@H](F)C2)n1. The average Bonchev–Trinajstić information content (AvgIpc) is 2.16. The maximum atomic E-state index is 13.2. The molecule has 0 bridgehead atoms. The van der Waals surface area contributed by atoms with Gasteiger partial charge in [-0.05, 0) is 19.8 Å². The number of aromatic nitrogens is 2. The zero-order chi connectivity index (χ0) is 10.8. The molecule has 1 aromatic rings. The molecule has 2 rings (SSSR count). The third-order valence-corrected chi connectivity index (χ3v) is 2.67. The van der Waals surface area contributed by atoms with Crippen LogP contribution < -0.4 is 4.90 Å². The van der Waals surface area contributed by atoms with E-state index in [9.17, 15) is 4.39 Å². The number of halogens is 2. The Bertz CT molecular complexity index is 338. The predicted molar refractivity (Wildman–Crippen MR) is 58.1 cm³/mol. The molecule has 1 aliphatic heterocycles. The van der Waals surface area contributed by atoms with Crippen LogP contribution in [0.3, 0.4) is 0 Å². The van der Waals surface area contributed by atoms with E-state index in [0.29, 0.717) is 23.9 Å². The minimum Gasteiger partial charge on any atom is -0.354 e. The Kier molecular flexibility index (Phi) is 3.05. The summed E-state index contributed by atoms with van der Waals surface area (Å²) in [7, 11) is 0. The Morgan fingerprint density at radius 1 is 1.53 bits per heavy atom. The molecular weight excluding hydrogens is 217 g/mol. The first kappa shape index (κ1) is 10.6. The molecule has 1 aliphatic rings. The zero-order valence-corrected chi connectivity index (χ0v) is 9.34. The van der Waals surface area contributed by atoms with Crippen molar-refractivity contribution in [3.05, 3.63) is 17.0 Å². The van der Waals surface area contributed by atoms with E-state index in [1.807, 2.05) is 4.90 Å². The first-order valence-corrected chi connectivity index (χ1v) is 5.43. The standard InChI is InChI=1S/C10H13ClFN3/c1-7-13-9(11)5-10(14-7)15-4-2-3-8(12)6-15/h5,8H,2-4,6H2,1H3/t8-/m0/s1. The lowest BCUT2D eigenvalue weighted by atomic mass is 10.1. The van der Waals surface area contributed by atoms with Crippen LogP contribution >= 0.6 is 11.6 Å². The van der Waals surface area contributed by atoms with Gasteiger partial charge in [-0.1, -0.05) is 11.6 Å². The molecule has 0 N–H and O–H groups in total. The summed E-state index contributed by atoms with van der Waals surface area (Å²) in [6.45, 7) is 3.03. The van der Waals surface area contributed by atoms with E-state index in [4.69, 9.17) is 11.6 Å². The molecule has 0 unspecified atom stereocenters. The average molecular weight is 230 g/mol. The highest BCUT2D eigenvalue weighted by Crippen LogP contribution is 2.21. The maximum absolute atomic E-state index is 13.2. The number of hydrogen-bond donors (Lipinski definition) is 0. The van der Waals surface area contributed by atoms with Crippen LogP contribution in [0.15, 0.2) is 6.07 Å². The molecule has 2 heterocycles. The van der Waals surface area contributed by atoms with E-state index in [1.54, 1.807) is 13.0 Å². The largest absolute Gasteiger partial charge is 0.354 e. The molecule has 15 heavy (non-hydrogen) atoms. The summed E-state index contributed by atoms with van der Waals surface area (Å²) in [6.07, 6.45) is 0.753. The van der Waals surface area contributed by atoms with Crippen LogP contribution in [0.2, 0.25) is 5.15 Å². The molecular formula is C10H13ClFN3. The van der Waals surface area contributed by atoms with Crippen molar-refractivity contribution in [1.29, 1.82) is 0 Å².